The lowest BCUT2D eigenvalue weighted by atomic mass is 9.97. The topological polar surface area (TPSA) is 59.2 Å². The number of fused-ring (bicyclic) bond motifs is 4. The minimum Gasteiger partial charge on any atom is -0.324 e. The SMILES string of the molecule is CC1(C#Cc2cncc3c2CCCN3c2nc3nncn3c3ccc(F)c(F)c23)CC1. The monoisotopic (exact) mass is 416 g/mol. The molecule has 0 amide bonds. The lowest BCUT2D eigenvalue weighted by Gasteiger charge is -2.31. The van der Waals surface area contributed by atoms with Crippen molar-refractivity contribution < 1.29 is 8.78 Å². The number of rotatable bonds is 1. The molecule has 0 spiro atoms. The molecule has 4 aromatic rings. The van der Waals surface area contributed by atoms with Gasteiger partial charge in [0.2, 0.25) is 0 Å². The van der Waals surface area contributed by atoms with Gasteiger partial charge in [0, 0.05) is 23.7 Å². The highest BCUT2D eigenvalue weighted by atomic mass is 19.2. The molecular formula is C23H18F2N6. The van der Waals surface area contributed by atoms with Crippen LogP contribution in [0.5, 0.6) is 0 Å². The van der Waals surface area contributed by atoms with Crippen LogP contribution < -0.4 is 4.90 Å². The summed E-state index contributed by atoms with van der Waals surface area (Å²) >= 11 is 0. The Labute approximate surface area is 176 Å². The van der Waals surface area contributed by atoms with Crippen molar-refractivity contribution in [3.63, 3.8) is 0 Å². The first-order chi connectivity index (χ1) is 15.0. The van der Waals surface area contributed by atoms with E-state index in [4.69, 9.17) is 0 Å². The highest BCUT2D eigenvalue weighted by Gasteiger charge is 2.35. The molecule has 31 heavy (non-hydrogen) atoms. The molecule has 6 rings (SSSR count). The van der Waals surface area contributed by atoms with Gasteiger partial charge in [-0.25, -0.2) is 8.78 Å². The molecule has 0 radical (unpaired) electrons. The number of halogens is 2. The zero-order chi connectivity index (χ0) is 21.2. The van der Waals surface area contributed by atoms with Gasteiger partial charge in [-0.3, -0.25) is 9.38 Å². The summed E-state index contributed by atoms with van der Waals surface area (Å²) in [6, 6.07) is 2.63. The molecule has 6 nitrogen and oxygen atoms in total. The Balaban J connectivity index is 1.58. The molecule has 3 aromatic heterocycles. The van der Waals surface area contributed by atoms with E-state index in [1.54, 1.807) is 16.8 Å². The number of benzene rings is 1. The minimum absolute atomic E-state index is 0.0992. The summed E-state index contributed by atoms with van der Waals surface area (Å²) < 4.78 is 30.8. The molecule has 154 valence electrons. The summed E-state index contributed by atoms with van der Waals surface area (Å²) in [4.78, 5) is 10.8. The summed E-state index contributed by atoms with van der Waals surface area (Å²) in [5, 5.41) is 8.02. The van der Waals surface area contributed by atoms with Crippen LogP contribution in [0.4, 0.5) is 20.3 Å². The molecule has 8 heteroatoms. The molecule has 0 unspecified atom stereocenters. The van der Waals surface area contributed by atoms with Crippen LogP contribution in [0.3, 0.4) is 0 Å². The van der Waals surface area contributed by atoms with Crippen molar-refractivity contribution in [3.8, 4) is 11.8 Å². The fourth-order valence-electron chi connectivity index (χ4n) is 4.14. The van der Waals surface area contributed by atoms with Crippen LogP contribution in [-0.2, 0) is 6.42 Å². The lowest BCUT2D eigenvalue weighted by Crippen LogP contribution is -2.27. The number of hydrogen-bond donors (Lipinski definition) is 0. The van der Waals surface area contributed by atoms with Gasteiger partial charge >= 0.3 is 0 Å². The van der Waals surface area contributed by atoms with Gasteiger partial charge in [0.05, 0.1) is 22.8 Å². The maximum Gasteiger partial charge on any atom is 0.257 e. The summed E-state index contributed by atoms with van der Waals surface area (Å²) in [7, 11) is 0. The molecule has 1 aliphatic carbocycles. The van der Waals surface area contributed by atoms with Crippen LogP contribution in [0, 0.1) is 28.9 Å². The Kier molecular flexibility index (Phi) is 3.78. The Morgan fingerprint density at radius 3 is 2.87 bits per heavy atom. The van der Waals surface area contributed by atoms with Crippen molar-refractivity contribution in [2.24, 2.45) is 5.41 Å². The molecule has 1 aromatic carbocycles. The quantitative estimate of drug-likeness (QED) is 0.436. The molecule has 1 saturated carbocycles. The zero-order valence-corrected chi connectivity index (χ0v) is 16.9. The average Bonchev–Trinajstić information content (AvgIpc) is 3.32. The van der Waals surface area contributed by atoms with E-state index in [1.807, 2.05) is 4.90 Å². The van der Waals surface area contributed by atoms with E-state index < -0.39 is 11.6 Å². The van der Waals surface area contributed by atoms with Crippen molar-refractivity contribution in [2.45, 2.75) is 32.6 Å². The van der Waals surface area contributed by atoms with Crippen LogP contribution >= 0.6 is 0 Å². The highest BCUT2D eigenvalue weighted by Crippen LogP contribution is 2.44. The van der Waals surface area contributed by atoms with Crippen LogP contribution in [0.15, 0.2) is 30.9 Å². The van der Waals surface area contributed by atoms with E-state index in [9.17, 15) is 4.39 Å². The molecular weight excluding hydrogens is 398 g/mol. The van der Waals surface area contributed by atoms with E-state index in [1.165, 1.54) is 12.4 Å². The van der Waals surface area contributed by atoms with Crippen LogP contribution in [-0.4, -0.2) is 31.1 Å². The fourth-order valence-corrected chi connectivity index (χ4v) is 4.14. The number of anilines is 2. The van der Waals surface area contributed by atoms with E-state index in [0.717, 1.165) is 48.6 Å². The molecule has 0 bridgehead atoms. The zero-order valence-electron chi connectivity index (χ0n) is 16.9. The fraction of sp³-hybridized carbons (Fsp3) is 0.304. The van der Waals surface area contributed by atoms with Gasteiger partial charge in [-0.2, -0.15) is 4.98 Å². The predicted octanol–water partition coefficient (Wildman–Crippen LogP) is 4.19. The maximum atomic E-state index is 15.0. The molecule has 1 aliphatic heterocycles. The van der Waals surface area contributed by atoms with E-state index in [0.29, 0.717) is 23.7 Å². The maximum absolute atomic E-state index is 15.0. The van der Waals surface area contributed by atoms with Crippen molar-refractivity contribution in [1.29, 1.82) is 0 Å². The number of aromatic nitrogens is 5. The minimum atomic E-state index is -0.937. The largest absolute Gasteiger partial charge is 0.324 e. The number of nitrogens with zero attached hydrogens (tertiary/aromatic N) is 6. The van der Waals surface area contributed by atoms with Crippen molar-refractivity contribution in [2.75, 3.05) is 11.4 Å². The van der Waals surface area contributed by atoms with Crippen LogP contribution in [0.1, 0.15) is 37.3 Å². The van der Waals surface area contributed by atoms with Gasteiger partial charge in [-0.15, -0.1) is 10.2 Å². The molecule has 0 saturated heterocycles. The second-order valence-corrected chi connectivity index (χ2v) is 8.44. The predicted molar refractivity (Wildman–Crippen MR) is 112 cm³/mol. The summed E-state index contributed by atoms with van der Waals surface area (Å²) in [5.74, 6) is 5.46. The molecule has 0 N–H and O–H groups in total. The Hall–Kier alpha value is -3.60. The summed E-state index contributed by atoms with van der Waals surface area (Å²) in [6.45, 7) is 2.77. The third kappa shape index (κ3) is 2.84. The third-order valence-corrected chi connectivity index (χ3v) is 6.18. The van der Waals surface area contributed by atoms with Gasteiger partial charge in [0.1, 0.15) is 12.1 Å². The van der Waals surface area contributed by atoms with Gasteiger partial charge in [0.25, 0.3) is 5.78 Å². The highest BCUT2D eigenvalue weighted by molar-refractivity contribution is 5.94. The standard InChI is InChI=1S/C23H18F2N6/c1-23(8-9-23)7-6-14-11-26-12-18-15(14)3-2-10-30(18)21-19-17(5-4-16(24)20(19)25)31-13-27-29-22(31)28-21/h4-5,11-13H,2-3,8-10H2,1H3. The Morgan fingerprint density at radius 1 is 1.16 bits per heavy atom. The average molecular weight is 416 g/mol. The van der Waals surface area contributed by atoms with Crippen molar-refractivity contribution in [1.82, 2.24) is 24.6 Å². The third-order valence-electron chi connectivity index (χ3n) is 6.18. The first-order valence-electron chi connectivity index (χ1n) is 10.3. The van der Waals surface area contributed by atoms with E-state index in [-0.39, 0.29) is 10.8 Å². The molecule has 0 atom stereocenters. The smallest absolute Gasteiger partial charge is 0.257 e. The number of pyridine rings is 1. The first-order valence-corrected chi connectivity index (χ1v) is 10.3. The molecule has 2 aliphatic rings. The second kappa shape index (κ2) is 6.45. The Bertz CT molecular complexity index is 1430. The lowest BCUT2D eigenvalue weighted by molar-refractivity contribution is 0.516. The van der Waals surface area contributed by atoms with Crippen molar-refractivity contribution >= 4 is 28.2 Å². The van der Waals surface area contributed by atoms with Crippen LogP contribution in [0.25, 0.3) is 16.7 Å². The Morgan fingerprint density at radius 2 is 2.03 bits per heavy atom. The van der Waals surface area contributed by atoms with Gasteiger partial charge in [-0.05, 0) is 50.3 Å². The van der Waals surface area contributed by atoms with Gasteiger partial charge in [-0.1, -0.05) is 11.8 Å². The molecule has 1 fully saturated rings. The van der Waals surface area contributed by atoms with E-state index in [2.05, 4.69) is 38.9 Å². The summed E-state index contributed by atoms with van der Waals surface area (Å²) in [6.07, 6.45) is 8.90. The van der Waals surface area contributed by atoms with Crippen LogP contribution in [0.2, 0.25) is 0 Å². The first kappa shape index (κ1) is 18.2. The molecule has 4 heterocycles. The summed E-state index contributed by atoms with van der Waals surface area (Å²) in [5.41, 5.74) is 3.33. The van der Waals surface area contributed by atoms with Gasteiger partial charge in [0.15, 0.2) is 11.6 Å². The van der Waals surface area contributed by atoms with Crippen molar-refractivity contribution in [3.05, 3.63) is 53.6 Å². The number of hydrogen-bond acceptors (Lipinski definition) is 5. The normalized spacial score (nSPS) is 16.8. The second-order valence-electron chi connectivity index (χ2n) is 8.44. The van der Waals surface area contributed by atoms with Gasteiger partial charge < -0.3 is 4.90 Å². The van der Waals surface area contributed by atoms with E-state index >= 15 is 4.39 Å².